The molecule has 0 aromatic rings. The lowest BCUT2D eigenvalue weighted by Crippen LogP contribution is -1.93. The number of nitrogens with zero attached hydrogens (tertiary/aromatic N) is 1. The molecule has 0 aliphatic rings. The summed E-state index contributed by atoms with van der Waals surface area (Å²) in [6, 6.07) is 0. The number of rotatable bonds is 2. The highest BCUT2D eigenvalue weighted by molar-refractivity contribution is 5.76. The monoisotopic (exact) mass is 98.1 g/mol. The summed E-state index contributed by atoms with van der Waals surface area (Å²) in [6.07, 6.45) is 1.65. The third kappa shape index (κ3) is 5.37. The standard InChI is InChI=1S/C5H10N2/c1-5(2)3-7-4-6/h3H,1,4,6H2,2H3. The molecule has 0 rings (SSSR count). The first-order valence-electron chi connectivity index (χ1n) is 2.12. The first-order chi connectivity index (χ1) is 3.27. The molecule has 2 nitrogen and oxygen atoms in total. The van der Waals surface area contributed by atoms with E-state index in [1.54, 1.807) is 6.21 Å². The van der Waals surface area contributed by atoms with Gasteiger partial charge in [0.1, 0.15) is 0 Å². The van der Waals surface area contributed by atoms with Crippen molar-refractivity contribution in [1.29, 1.82) is 0 Å². The summed E-state index contributed by atoms with van der Waals surface area (Å²) < 4.78 is 0. The van der Waals surface area contributed by atoms with E-state index in [-0.39, 0.29) is 0 Å². The molecule has 7 heavy (non-hydrogen) atoms. The largest absolute Gasteiger partial charge is 0.312 e. The van der Waals surface area contributed by atoms with Gasteiger partial charge in [0.15, 0.2) is 0 Å². The number of allylic oxidation sites excluding steroid dienone is 1. The summed E-state index contributed by atoms with van der Waals surface area (Å²) in [5, 5.41) is 0. The fourth-order valence-electron chi connectivity index (χ4n) is 0.209. The van der Waals surface area contributed by atoms with Crippen molar-refractivity contribution in [3.8, 4) is 0 Å². The summed E-state index contributed by atoms with van der Waals surface area (Å²) in [5.74, 6) is 0. The molecule has 0 amide bonds. The lowest BCUT2D eigenvalue weighted by Gasteiger charge is -1.80. The molecule has 0 atom stereocenters. The fourth-order valence-corrected chi connectivity index (χ4v) is 0.209. The van der Waals surface area contributed by atoms with Gasteiger partial charge in [-0.05, 0) is 12.5 Å². The molecule has 0 bridgehead atoms. The topological polar surface area (TPSA) is 38.4 Å². The zero-order valence-electron chi connectivity index (χ0n) is 4.52. The number of nitrogens with two attached hydrogens (primary N) is 1. The van der Waals surface area contributed by atoms with Gasteiger partial charge in [-0.3, -0.25) is 4.99 Å². The third-order valence-corrected chi connectivity index (χ3v) is 0.417. The SMILES string of the molecule is C=C(C)C=NCN. The summed E-state index contributed by atoms with van der Waals surface area (Å²) in [4.78, 5) is 3.72. The number of hydrogen-bond donors (Lipinski definition) is 1. The van der Waals surface area contributed by atoms with Gasteiger partial charge in [-0.15, -0.1) is 0 Å². The van der Waals surface area contributed by atoms with Crippen LogP contribution in [0.4, 0.5) is 0 Å². The minimum absolute atomic E-state index is 0.354. The van der Waals surface area contributed by atoms with E-state index in [1.807, 2.05) is 6.92 Å². The maximum absolute atomic E-state index is 5.04. The van der Waals surface area contributed by atoms with E-state index in [4.69, 9.17) is 5.73 Å². The van der Waals surface area contributed by atoms with Crippen LogP contribution < -0.4 is 5.73 Å². The maximum atomic E-state index is 5.04. The van der Waals surface area contributed by atoms with Gasteiger partial charge in [-0.1, -0.05) is 6.58 Å². The predicted molar refractivity (Wildman–Crippen MR) is 32.4 cm³/mol. The Morgan fingerprint density at radius 1 is 2.00 bits per heavy atom. The van der Waals surface area contributed by atoms with Crippen molar-refractivity contribution >= 4 is 6.21 Å². The van der Waals surface area contributed by atoms with Crippen LogP contribution in [0.15, 0.2) is 17.1 Å². The summed E-state index contributed by atoms with van der Waals surface area (Å²) >= 11 is 0. The molecule has 0 heterocycles. The van der Waals surface area contributed by atoms with Gasteiger partial charge in [-0.2, -0.15) is 0 Å². The van der Waals surface area contributed by atoms with E-state index in [0.717, 1.165) is 5.57 Å². The van der Waals surface area contributed by atoms with Crippen LogP contribution >= 0.6 is 0 Å². The molecule has 0 aromatic carbocycles. The highest BCUT2D eigenvalue weighted by atomic mass is 14.8. The quantitative estimate of drug-likeness (QED) is 0.503. The average molecular weight is 98.1 g/mol. The zero-order valence-corrected chi connectivity index (χ0v) is 4.52. The van der Waals surface area contributed by atoms with Crippen LogP contribution in [0.3, 0.4) is 0 Å². The zero-order chi connectivity index (χ0) is 5.70. The number of hydrogen-bond acceptors (Lipinski definition) is 2. The Morgan fingerprint density at radius 3 is 2.71 bits per heavy atom. The van der Waals surface area contributed by atoms with Gasteiger partial charge >= 0.3 is 0 Å². The van der Waals surface area contributed by atoms with Gasteiger partial charge in [0.05, 0.1) is 6.67 Å². The summed E-state index contributed by atoms with van der Waals surface area (Å²) in [5.41, 5.74) is 5.97. The Bertz CT molecular complexity index is 84.1. The van der Waals surface area contributed by atoms with Crippen molar-refractivity contribution in [1.82, 2.24) is 0 Å². The molecule has 2 N–H and O–H groups in total. The molecule has 0 aliphatic carbocycles. The highest BCUT2D eigenvalue weighted by Crippen LogP contribution is 1.76. The molecule has 2 heteroatoms. The predicted octanol–water partition coefficient (Wildman–Crippen LogP) is 0.550. The lowest BCUT2D eigenvalue weighted by molar-refractivity contribution is 1.08. The van der Waals surface area contributed by atoms with E-state index in [9.17, 15) is 0 Å². The van der Waals surface area contributed by atoms with Gasteiger partial charge in [0.25, 0.3) is 0 Å². The van der Waals surface area contributed by atoms with E-state index in [2.05, 4.69) is 11.6 Å². The van der Waals surface area contributed by atoms with Crippen molar-refractivity contribution in [2.24, 2.45) is 10.7 Å². The molecule has 0 saturated carbocycles. The molecule has 0 radical (unpaired) electrons. The smallest absolute Gasteiger partial charge is 0.0859 e. The van der Waals surface area contributed by atoms with Crippen molar-refractivity contribution in [3.63, 3.8) is 0 Å². The van der Waals surface area contributed by atoms with E-state index in [1.165, 1.54) is 0 Å². The van der Waals surface area contributed by atoms with Crippen molar-refractivity contribution in [2.45, 2.75) is 6.92 Å². The highest BCUT2D eigenvalue weighted by Gasteiger charge is 1.68. The Kier molecular flexibility index (Phi) is 3.24. The summed E-state index contributed by atoms with van der Waals surface area (Å²) in [6.45, 7) is 5.82. The van der Waals surface area contributed by atoms with Crippen LogP contribution in [0.5, 0.6) is 0 Å². The Hall–Kier alpha value is -0.630. The molecule has 0 saturated heterocycles. The van der Waals surface area contributed by atoms with E-state index in [0.29, 0.717) is 6.67 Å². The minimum Gasteiger partial charge on any atom is -0.312 e. The van der Waals surface area contributed by atoms with Crippen LogP contribution in [-0.4, -0.2) is 12.9 Å². The van der Waals surface area contributed by atoms with Crippen LogP contribution in [0, 0.1) is 0 Å². The molecule has 0 aliphatic heterocycles. The normalized spacial score (nSPS) is 10.0. The third-order valence-electron chi connectivity index (χ3n) is 0.417. The van der Waals surface area contributed by atoms with Gasteiger partial charge in [0.2, 0.25) is 0 Å². The second-order valence-corrected chi connectivity index (χ2v) is 1.34. The average Bonchev–Trinajstić information content (AvgIpc) is 1.61. The second kappa shape index (κ2) is 3.56. The van der Waals surface area contributed by atoms with Gasteiger partial charge in [0, 0.05) is 6.21 Å². The maximum Gasteiger partial charge on any atom is 0.0859 e. The Labute approximate surface area is 43.7 Å². The van der Waals surface area contributed by atoms with Crippen molar-refractivity contribution < 1.29 is 0 Å². The van der Waals surface area contributed by atoms with Crippen molar-refractivity contribution in [2.75, 3.05) is 6.67 Å². The Morgan fingerprint density at radius 2 is 2.57 bits per heavy atom. The first kappa shape index (κ1) is 6.37. The van der Waals surface area contributed by atoms with Crippen LogP contribution in [0.2, 0.25) is 0 Å². The van der Waals surface area contributed by atoms with Crippen LogP contribution in [-0.2, 0) is 0 Å². The van der Waals surface area contributed by atoms with Gasteiger partial charge in [-0.25, -0.2) is 0 Å². The van der Waals surface area contributed by atoms with Crippen LogP contribution in [0.1, 0.15) is 6.92 Å². The Balaban J connectivity index is 3.26. The molecular weight excluding hydrogens is 88.1 g/mol. The fraction of sp³-hybridized carbons (Fsp3) is 0.400. The molecule has 0 aromatic heterocycles. The second-order valence-electron chi connectivity index (χ2n) is 1.34. The molecule has 0 unspecified atom stereocenters. The molecule has 0 spiro atoms. The molecular formula is C5H10N2. The first-order valence-corrected chi connectivity index (χ1v) is 2.12. The summed E-state index contributed by atoms with van der Waals surface area (Å²) in [7, 11) is 0. The van der Waals surface area contributed by atoms with Gasteiger partial charge < -0.3 is 5.73 Å². The molecule has 40 valence electrons. The van der Waals surface area contributed by atoms with Crippen LogP contribution in [0.25, 0.3) is 0 Å². The van der Waals surface area contributed by atoms with E-state index >= 15 is 0 Å². The van der Waals surface area contributed by atoms with Crippen molar-refractivity contribution in [3.05, 3.63) is 12.2 Å². The van der Waals surface area contributed by atoms with E-state index < -0.39 is 0 Å². The lowest BCUT2D eigenvalue weighted by atomic mass is 10.4. The minimum atomic E-state index is 0.354. The number of aliphatic imine (C=N–C) groups is 1. The molecule has 0 fully saturated rings.